The Bertz CT molecular complexity index is 1230. The van der Waals surface area contributed by atoms with Crippen LogP contribution < -0.4 is 5.32 Å². The first-order valence-corrected chi connectivity index (χ1v) is 12.4. The number of nitrogens with one attached hydrogen (secondary N) is 1. The molecule has 1 atom stereocenters. The van der Waals surface area contributed by atoms with E-state index in [9.17, 15) is 22.8 Å². The molecule has 1 N–H and O–H groups in total. The van der Waals surface area contributed by atoms with E-state index < -0.39 is 29.4 Å². The van der Waals surface area contributed by atoms with Gasteiger partial charge < -0.3 is 10.1 Å². The zero-order valence-electron chi connectivity index (χ0n) is 20.3. The van der Waals surface area contributed by atoms with E-state index in [0.29, 0.717) is 14.8 Å². The predicted octanol–water partition coefficient (Wildman–Crippen LogP) is 6.78. The molecule has 6 nitrogen and oxygen atoms in total. The molecule has 194 valence electrons. The first kappa shape index (κ1) is 27.7. The van der Waals surface area contributed by atoms with Gasteiger partial charge in [-0.15, -0.1) is 11.3 Å². The highest BCUT2D eigenvalue weighted by Gasteiger charge is 2.34. The largest absolute Gasteiger partial charge is 0.444 e. The minimum absolute atomic E-state index is 0.0411. The molecule has 1 amide bonds. The molecule has 0 saturated carbocycles. The van der Waals surface area contributed by atoms with Crippen molar-refractivity contribution in [2.24, 2.45) is 13.0 Å². The lowest BCUT2D eigenvalue weighted by atomic mass is 9.91. The normalized spacial score (nSPS) is 12.9. The number of aromatic nitrogens is 2. The zero-order valence-corrected chi connectivity index (χ0v) is 21.9. The fourth-order valence-electron chi connectivity index (χ4n) is 3.73. The first-order valence-electron chi connectivity index (χ1n) is 11.2. The highest BCUT2D eigenvalue weighted by molar-refractivity contribution is 7.18. The standard InChI is InChI=1S/C25H27ClF3N3O3S/c1-24(2,3)35-23(34)30-14-15(11-16-7-5-6-8-18(16)25(27,28)29)12-20(33)21-13-17(22(26)36-21)19-9-10-31-32(19)4/h5-10,13,15H,11-12,14H2,1-4H3,(H,30,34)/t15-/m1/s1. The number of benzene rings is 1. The summed E-state index contributed by atoms with van der Waals surface area (Å²) in [5.41, 5.74) is -0.0758. The molecule has 0 bridgehead atoms. The summed E-state index contributed by atoms with van der Waals surface area (Å²) >= 11 is 7.48. The Balaban J connectivity index is 1.83. The molecule has 2 aromatic heterocycles. The second kappa shape index (κ2) is 11.0. The SMILES string of the molecule is Cn1nccc1-c1cc(C(=O)C[C@H](CNC(=O)OC(C)(C)C)Cc2ccccc2C(F)(F)F)sc1Cl. The molecule has 0 fully saturated rings. The third-order valence-corrected chi connectivity index (χ3v) is 6.70. The molecule has 0 aliphatic rings. The third-order valence-electron chi connectivity index (χ3n) is 5.30. The Hall–Kier alpha value is -2.85. The van der Waals surface area contributed by atoms with Crippen molar-refractivity contribution in [1.82, 2.24) is 15.1 Å². The molecular formula is C25H27ClF3N3O3S. The van der Waals surface area contributed by atoms with Gasteiger partial charge >= 0.3 is 12.3 Å². The Morgan fingerprint density at radius 1 is 1.19 bits per heavy atom. The molecule has 3 rings (SSSR count). The number of carbonyl (C=O) groups excluding carboxylic acids is 2. The van der Waals surface area contributed by atoms with Crippen LogP contribution in [0.15, 0.2) is 42.6 Å². The molecular weight excluding hydrogens is 515 g/mol. The molecule has 0 spiro atoms. The number of ketones is 1. The van der Waals surface area contributed by atoms with Crippen LogP contribution in [0.25, 0.3) is 11.3 Å². The van der Waals surface area contributed by atoms with E-state index in [1.54, 1.807) is 50.8 Å². The third kappa shape index (κ3) is 7.33. The number of thiophene rings is 1. The van der Waals surface area contributed by atoms with Crippen molar-refractivity contribution < 1.29 is 27.5 Å². The van der Waals surface area contributed by atoms with Crippen LogP contribution in [0, 0.1) is 5.92 Å². The van der Waals surface area contributed by atoms with Crippen LogP contribution in [0.5, 0.6) is 0 Å². The molecule has 11 heteroatoms. The van der Waals surface area contributed by atoms with Crippen LogP contribution in [0.3, 0.4) is 0 Å². The second-order valence-electron chi connectivity index (χ2n) is 9.37. The Morgan fingerprint density at radius 3 is 2.50 bits per heavy atom. The lowest BCUT2D eigenvalue weighted by Gasteiger charge is -2.22. The van der Waals surface area contributed by atoms with Gasteiger partial charge in [-0.3, -0.25) is 9.48 Å². The van der Waals surface area contributed by atoms with Crippen LogP contribution in [0.4, 0.5) is 18.0 Å². The van der Waals surface area contributed by atoms with Gasteiger partial charge in [0.15, 0.2) is 5.78 Å². The number of amides is 1. The lowest BCUT2D eigenvalue weighted by Crippen LogP contribution is -2.36. The molecule has 2 heterocycles. The average Bonchev–Trinajstić information content (AvgIpc) is 3.35. The number of halogens is 4. The van der Waals surface area contributed by atoms with Crippen LogP contribution in [-0.2, 0) is 24.4 Å². The summed E-state index contributed by atoms with van der Waals surface area (Å²) in [4.78, 5) is 25.7. The molecule has 0 aliphatic heterocycles. The number of hydrogen-bond acceptors (Lipinski definition) is 5. The topological polar surface area (TPSA) is 73.2 Å². The van der Waals surface area contributed by atoms with E-state index in [2.05, 4.69) is 10.4 Å². The minimum Gasteiger partial charge on any atom is -0.444 e. The number of nitrogens with zero attached hydrogens (tertiary/aromatic N) is 2. The van der Waals surface area contributed by atoms with Crippen LogP contribution >= 0.6 is 22.9 Å². The summed E-state index contributed by atoms with van der Waals surface area (Å²) in [7, 11) is 1.75. The smallest absolute Gasteiger partial charge is 0.416 e. The van der Waals surface area contributed by atoms with Gasteiger partial charge in [0.25, 0.3) is 0 Å². The molecule has 1 aromatic carbocycles. The van der Waals surface area contributed by atoms with E-state index in [1.807, 2.05) is 0 Å². The number of alkyl halides is 3. The van der Waals surface area contributed by atoms with Crippen LogP contribution in [0.2, 0.25) is 4.34 Å². The van der Waals surface area contributed by atoms with Gasteiger partial charge in [0.1, 0.15) is 9.94 Å². The second-order valence-corrected chi connectivity index (χ2v) is 11.0. The van der Waals surface area contributed by atoms with E-state index in [0.717, 1.165) is 23.1 Å². The number of Topliss-reactive ketones (excluding diaryl/α,β-unsaturated/α-hetero) is 1. The van der Waals surface area contributed by atoms with E-state index in [1.165, 1.54) is 18.2 Å². The number of hydrogen-bond donors (Lipinski definition) is 1. The molecule has 36 heavy (non-hydrogen) atoms. The number of alkyl carbamates (subject to hydrolysis) is 1. The maximum atomic E-state index is 13.6. The van der Waals surface area contributed by atoms with Crippen molar-refractivity contribution in [3.63, 3.8) is 0 Å². The van der Waals surface area contributed by atoms with Crippen molar-refractivity contribution in [2.45, 2.75) is 45.4 Å². The molecule has 0 radical (unpaired) electrons. The number of ether oxygens (including phenoxy) is 1. The fourth-order valence-corrected chi connectivity index (χ4v) is 4.97. The van der Waals surface area contributed by atoms with Gasteiger partial charge in [0.2, 0.25) is 0 Å². The Kier molecular flexibility index (Phi) is 8.51. The minimum atomic E-state index is -4.54. The van der Waals surface area contributed by atoms with Gasteiger partial charge in [0, 0.05) is 31.8 Å². The van der Waals surface area contributed by atoms with Gasteiger partial charge in [-0.1, -0.05) is 29.8 Å². The zero-order chi connectivity index (χ0) is 26.7. The van der Waals surface area contributed by atoms with Crippen molar-refractivity contribution in [3.05, 3.63) is 62.9 Å². The maximum absolute atomic E-state index is 13.6. The summed E-state index contributed by atoms with van der Waals surface area (Å²) in [6, 6.07) is 8.66. The van der Waals surface area contributed by atoms with Crippen LogP contribution in [-0.4, -0.2) is 33.8 Å². The number of rotatable bonds is 8. The number of carbonyl (C=O) groups is 2. The molecule has 0 aliphatic carbocycles. The summed E-state index contributed by atoms with van der Waals surface area (Å²) in [6.07, 6.45) is -3.79. The maximum Gasteiger partial charge on any atom is 0.416 e. The van der Waals surface area contributed by atoms with Gasteiger partial charge in [-0.25, -0.2) is 4.79 Å². The number of aryl methyl sites for hydroxylation is 1. The monoisotopic (exact) mass is 541 g/mol. The first-order chi connectivity index (χ1) is 16.7. The van der Waals surface area contributed by atoms with Crippen molar-refractivity contribution in [1.29, 1.82) is 0 Å². The summed E-state index contributed by atoms with van der Waals surface area (Å²) in [6.45, 7) is 5.06. The average molecular weight is 542 g/mol. The predicted molar refractivity (Wildman–Crippen MR) is 133 cm³/mol. The van der Waals surface area contributed by atoms with Crippen molar-refractivity contribution in [2.75, 3.05) is 6.54 Å². The Morgan fingerprint density at radius 2 is 1.89 bits per heavy atom. The fraction of sp³-hybridized carbons (Fsp3) is 0.400. The van der Waals surface area contributed by atoms with E-state index >= 15 is 0 Å². The van der Waals surface area contributed by atoms with Crippen LogP contribution in [0.1, 0.15) is 48.0 Å². The summed E-state index contributed by atoms with van der Waals surface area (Å²) in [5, 5.41) is 6.70. The van der Waals surface area contributed by atoms with Gasteiger partial charge in [0.05, 0.1) is 16.1 Å². The van der Waals surface area contributed by atoms with E-state index in [4.69, 9.17) is 16.3 Å². The van der Waals surface area contributed by atoms with Crippen molar-refractivity contribution in [3.8, 4) is 11.3 Å². The molecule has 3 aromatic rings. The molecule has 0 unspecified atom stereocenters. The highest BCUT2D eigenvalue weighted by atomic mass is 35.5. The van der Waals surface area contributed by atoms with Gasteiger partial charge in [-0.05, 0) is 56.9 Å². The van der Waals surface area contributed by atoms with Crippen molar-refractivity contribution >= 4 is 34.8 Å². The Labute approximate surface area is 216 Å². The highest BCUT2D eigenvalue weighted by Crippen LogP contribution is 2.37. The molecule has 0 saturated heterocycles. The van der Waals surface area contributed by atoms with E-state index in [-0.39, 0.29) is 30.7 Å². The quantitative estimate of drug-likeness (QED) is 0.319. The summed E-state index contributed by atoms with van der Waals surface area (Å²) < 4.78 is 48.0. The summed E-state index contributed by atoms with van der Waals surface area (Å²) in [5.74, 6) is -0.898. The lowest BCUT2D eigenvalue weighted by molar-refractivity contribution is -0.138. The van der Waals surface area contributed by atoms with Gasteiger partial charge in [-0.2, -0.15) is 18.3 Å².